The molecule has 1 aromatic heterocycles. The van der Waals surface area contributed by atoms with Crippen LogP contribution in [0, 0.1) is 0 Å². The van der Waals surface area contributed by atoms with Crippen LogP contribution in [-0.2, 0) is 11.3 Å². The zero-order valence-corrected chi connectivity index (χ0v) is 13.0. The predicted molar refractivity (Wildman–Crippen MR) is 88.1 cm³/mol. The molecule has 2 N–H and O–H groups in total. The molecule has 120 valence electrons. The number of benzene rings is 1. The van der Waals surface area contributed by atoms with Crippen molar-refractivity contribution in [3.63, 3.8) is 0 Å². The Labute approximate surface area is 135 Å². The molecule has 2 heterocycles. The van der Waals surface area contributed by atoms with Crippen LogP contribution in [0.2, 0.25) is 0 Å². The Balaban J connectivity index is 1.59. The van der Waals surface area contributed by atoms with Gasteiger partial charge in [-0.25, -0.2) is 0 Å². The van der Waals surface area contributed by atoms with Crippen LogP contribution in [-0.4, -0.2) is 29.0 Å². The summed E-state index contributed by atoms with van der Waals surface area (Å²) in [4.78, 5) is 23.8. The van der Waals surface area contributed by atoms with Crippen molar-refractivity contribution in [2.75, 3.05) is 6.54 Å². The van der Waals surface area contributed by atoms with Gasteiger partial charge in [0.25, 0.3) is 5.91 Å². The molecule has 0 radical (unpaired) electrons. The molecule has 0 bridgehead atoms. The SMILES string of the molecule is O=C1CCC[C@H](CNC(=O)c2cccn2Cc2ccccc2)N1. The van der Waals surface area contributed by atoms with Crippen LogP contribution in [0.4, 0.5) is 0 Å². The predicted octanol–water partition coefficient (Wildman–Crippen LogP) is 1.93. The average molecular weight is 311 g/mol. The lowest BCUT2D eigenvalue weighted by molar-refractivity contribution is -0.123. The van der Waals surface area contributed by atoms with E-state index >= 15 is 0 Å². The van der Waals surface area contributed by atoms with Gasteiger partial charge in [-0.15, -0.1) is 0 Å². The van der Waals surface area contributed by atoms with Gasteiger partial charge in [-0.3, -0.25) is 9.59 Å². The summed E-state index contributed by atoms with van der Waals surface area (Å²) in [6.45, 7) is 1.14. The first-order valence-corrected chi connectivity index (χ1v) is 7.99. The molecule has 0 saturated carbocycles. The minimum absolute atomic E-state index is 0.0396. The number of aromatic nitrogens is 1. The number of carbonyl (C=O) groups excluding carboxylic acids is 2. The minimum Gasteiger partial charge on any atom is -0.352 e. The molecule has 2 aromatic rings. The second-order valence-corrected chi connectivity index (χ2v) is 5.87. The number of piperidine rings is 1. The standard InChI is InChI=1S/C18H21N3O2/c22-17-10-4-8-15(20-17)12-19-18(23)16-9-5-11-21(16)13-14-6-2-1-3-7-14/h1-3,5-7,9,11,15H,4,8,10,12-13H2,(H,19,23)(H,20,22)/t15-/m1/s1. The van der Waals surface area contributed by atoms with E-state index in [-0.39, 0.29) is 17.9 Å². The summed E-state index contributed by atoms with van der Waals surface area (Å²) in [5.41, 5.74) is 1.79. The van der Waals surface area contributed by atoms with Crippen LogP contribution in [0.3, 0.4) is 0 Å². The van der Waals surface area contributed by atoms with Crippen molar-refractivity contribution in [3.05, 3.63) is 59.9 Å². The van der Waals surface area contributed by atoms with Crippen molar-refractivity contribution in [2.24, 2.45) is 0 Å². The lowest BCUT2D eigenvalue weighted by atomic mass is 10.0. The quantitative estimate of drug-likeness (QED) is 0.886. The molecule has 23 heavy (non-hydrogen) atoms. The Morgan fingerprint density at radius 3 is 2.83 bits per heavy atom. The number of hydrogen-bond acceptors (Lipinski definition) is 2. The summed E-state index contributed by atoms with van der Waals surface area (Å²) in [6.07, 6.45) is 4.29. The van der Waals surface area contributed by atoms with E-state index in [1.165, 1.54) is 0 Å². The van der Waals surface area contributed by atoms with E-state index in [1.54, 1.807) is 0 Å². The third kappa shape index (κ3) is 4.00. The third-order valence-electron chi connectivity index (χ3n) is 4.09. The van der Waals surface area contributed by atoms with E-state index in [0.717, 1.165) is 18.4 Å². The molecule has 1 aliphatic heterocycles. The fraction of sp³-hybridized carbons (Fsp3) is 0.333. The Morgan fingerprint density at radius 2 is 2.04 bits per heavy atom. The highest BCUT2D eigenvalue weighted by molar-refractivity contribution is 5.92. The maximum absolute atomic E-state index is 12.4. The first-order chi connectivity index (χ1) is 11.2. The maximum Gasteiger partial charge on any atom is 0.267 e. The zero-order chi connectivity index (χ0) is 16.1. The normalized spacial score (nSPS) is 17.6. The number of rotatable bonds is 5. The monoisotopic (exact) mass is 311 g/mol. The molecule has 1 aromatic carbocycles. The largest absolute Gasteiger partial charge is 0.352 e. The second-order valence-electron chi connectivity index (χ2n) is 5.87. The third-order valence-corrected chi connectivity index (χ3v) is 4.09. The van der Waals surface area contributed by atoms with Crippen molar-refractivity contribution < 1.29 is 9.59 Å². The van der Waals surface area contributed by atoms with Crippen molar-refractivity contribution in [3.8, 4) is 0 Å². The van der Waals surface area contributed by atoms with E-state index in [0.29, 0.717) is 25.2 Å². The van der Waals surface area contributed by atoms with Gasteiger partial charge in [0.2, 0.25) is 5.91 Å². The van der Waals surface area contributed by atoms with Gasteiger partial charge in [0.05, 0.1) is 0 Å². The van der Waals surface area contributed by atoms with Crippen molar-refractivity contribution in [2.45, 2.75) is 31.8 Å². The number of hydrogen-bond donors (Lipinski definition) is 2. The van der Waals surface area contributed by atoms with Crippen LogP contribution in [0.1, 0.15) is 35.3 Å². The minimum atomic E-state index is -0.106. The van der Waals surface area contributed by atoms with Crippen LogP contribution in [0.15, 0.2) is 48.7 Å². The molecule has 1 atom stereocenters. The van der Waals surface area contributed by atoms with Crippen molar-refractivity contribution >= 4 is 11.8 Å². The molecule has 1 fully saturated rings. The van der Waals surface area contributed by atoms with Crippen LogP contribution < -0.4 is 10.6 Å². The summed E-state index contributed by atoms with van der Waals surface area (Å²) in [7, 11) is 0. The first kappa shape index (κ1) is 15.3. The van der Waals surface area contributed by atoms with Gasteiger partial charge in [-0.05, 0) is 30.5 Å². The van der Waals surface area contributed by atoms with Crippen LogP contribution >= 0.6 is 0 Å². The Kier molecular flexibility index (Phi) is 4.76. The van der Waals surface area contributed by atoms with Gasteiger partial charge in [-0.2, -0.15) is 0 Å². The van der Waals surface area contributed by atoms with E-state index in [1.807, 2.05) is 53.2 Å². The topological polar surface area (TPSA) is 63.1 Å². The summed E-state index contributed by atoms with van der Waals surface area (Å²) in [6, 6.07) is 13.8. The van der Waals surface area contributed by atoms with Crippen molar-refractivity contribution in [1.29, 1.82) is 0 Å². The molecular formula is C18H21N3O2. The van der Waals surface area contributed by atoms with E-state index in [2.05, 4.69) is 10.6 Å². The summed E-state index contributed by atoms with van der Waals surface area (Å²) in [5.74, 6) is -0.0336. The first-order valence-electron chi connectivity index (χ1n) is 7.99. The highest BCUT2D eigenvalue weighted by Crippen LogP contribution is 2.10. The highest BCUT2D eigenvalue weighted by atomic mass is 16.2. The summed E-state index contributed by atoms with van der Waals surface area (Å²) < 4.78 is 1.93. The smallest absolute Gasteiger partial charge is 0.267 e. The second kappa shape index (κ2) is 7.13. The molecule has 1 saturated heterocycles. The van der Waals surface area contributed by atoms with Crippen LogP contribution in [0.5, 0.6) is 0 Å². The maximum atomic E-state index is 12.4. The van der Waals surface area contributed by atoms with E-state index < -0.39 is 0 Å². The van der Waals surface area contributed by atoms with Gasteiger partial charge < -0.3 is 15.2 Å². The lowest BCUT2D eigenvalue weighted by Gasteiger charge is -2.23. The molecule has 0 unspecified atom stereocenters. The molecule has 3 rings (SSSR count). The van der Waals surface area contributed by atoms with Gasteiger partial charge >= 0.3 is 0 Å². The highest BCUT2D eigenvalue weighted by Gasteiger charge is 2.19. The summed E-state index contributed by atoms with van der Waals surface area (Å²) in [5, 5.41) is 5.84. The lowest BCUT2D eigenvalue weighted by Crippen LogP contribution is -2.46. The number of nitrogens with zero attached hydrogens (tertiary/aromatic N) is 1. The fourth-order valence-corrected chi connectivity index (χ4v) is 2.88. The molecular weight excluding hydrogens is 290 g/mol. The van der Waals surface area contributed by atoms with Crippen molar-refractivity contribution in [1.82, 2.24) is 15.2 Å². The average Bonchev–Trinajstić information content (AvgIpc) is 3.02. The number of amides is 2. The van der Waals surface area contributed by atoms with Gasteiger partial charge in [-0.1, -0.05) is 30.3 Å². The van der Waals surface area contributed by atoms with Crippen LogP contribution in [0.25, 0.3) is 0 Å². The molecule has 5 heteroatoms. The molecule has 0 aliphatic carbocycles. The van der Waals surface area contributed by atoms with Gasteiger partial charge in [0, 0.05) is 31.7 Å². The number of nitrogens with one attached hydrogen (secondary N) is 2. The van der Waals surface area contributed by atoms with E-state index in [4.69, 9.17) is 0 Å². The Bertz CT molecular complexity index is 679. The number of carbonyl (C=O) groups is 2. The summed E-state index contributed by atoms with van der Waals surface area (Å²) >= 11 is 0. The molecule has 0 spiro atoms. The molecule has 1 aliphatic rings. The zero-order valence-electron chi connectivity index (χ0n) is 13.0. The van der Waals surface area contributed by atoms with Gasteiger partial charge in [0.1, 0.15) is 5.69 Å². The van der Waals surface area contributed by atoms with Gasteiger partial charge in [0.15, 0.2) is 0 Å². The Morgan fingerprint density at radius 1 is 1.22 bits per heavy atom. The molecule has 5 nitrogen and oxygen atoms in total. The molecule has 2 amide bonds. The van der Waals surface area contributed by atoms with E-state index in [9.17, 15) is 9.59 Å². The Hall–Kier alpha value is -2.56. The fourth-order valence-electron chi connectivity index (χ4n) is 2.88.